The molecule has 0 fully saturated rings. The van der Waals surface area contributed by atoms with E-state index >= 15 is 0 Å². The van der Waals surface area contributed by atoms with Crippen LogP contribution in [0.1, 0.15) is 22.8 Å². The van der Waals surface area contributed by atoms with Gasteiger partial charge in [-0.15, -0.1) is 0 Å². The van der Waals surface area contributed by atoms with Crippen molar-refractivity contribution in [1.82, 2.24) is 0 Å². The minimum atomic E-state index is -1.10. The minimum Gasteiger partial charge on any atom is -0.478 e. The number of amides is 1. The van der Waals surface area contributed by atoms with Gasteiger partial charge in [0.05, 0.1) is 22.6 Å². The number of benzene rings is 2. The number of nitrogens with zero attached hydrogens (tertiary/aromatic N) is 4. The summed E-state index contributed by atoms with van der Waals surface area (Å²) in [6.45, 7) is 3.65. The van der Waals surface area contributed by atoms with Crippen molar-refractivity contribution in [3.05, 3.63) is 59.7 Å². The van der Waals surface area contributed by atoms with Crippen LogP contribution in [0.3, 0.4) is 0 Å². The number of hydrogen-bond donors (Lipinski definition) is 1. The van der Waals surface area contributed by atoms with Gasteiger partial charge in [-0.05, 0) is 38.1 Å². The van der Waals surface area contributed by atoms with Crippen molar-refractivity contribution in [3.8, 4) is 0 Å². The Balaban J connectivity index is 1.85. The van der Waals surface area contributed by atoms with Gasteiger partial charge in [0.25, 0.3) is 5.91 Å². The summed E-state index contributed by atoms with van der Waals surface area (Å²) < 4.78 is 0. The number of hydrazone groups is 1. The average Bonchev–Trinajstić information content (AvgIpc) is 2.88. The number of aryl methyl sites for hydroxylation is 1. The molecule has 1 N–H and O–H groups in total. The Hall–Kier alpha value is -3.35. The van der Waals surface area contributed by atoms with Gasteiger partial charge in [0.2, 0.25) is 0 Å². The number of anilines is 1. The van der Waals surface area contributed by atoms with Crippen LogP contribution in [0, 0.1) is 6.92 Å². The molecule has 0 radical (unpaired) electrons. The monoisotopic (exact) mass is 336 g/mol. The van der Waals surface area contributed by atoms with Crippen LogP contribution in [0.2, 0.25) is 0 Å². The van der Waals surface area contributed by atoms with E-state index in [9.17, 15) is 14.7 Å². The maximum Gasteiger partial charge on any atom is 0.337 e. The van der Waals surface area contributed by atoms with Crippen LogP contribution in [-0.4, -0.2) is 28.7 Å². The molecule has 0 bridgehead atoms. The van der Waals surface area contributed by atoms with Gasteiger partial charge in [0, 0.05) is 0 Å². The Kier molecular flexibility index (Phi) is 4.38. The lowest BCUT2D eigenvalue weighted by Gasteiger charge is -2.12. The molecule has 1 heterocycles. The summed E-state index contributed by atoms with van der Waals surface area (Å²) in [7, 11) is 0. The van der Waals surface area contributed by atoms with Crippen molar-refractivity contribution in [2.24, 2.45) is 15.3 Å². The predicted molar refractivity (Wildman–Crippen MR) is 93.5 cm³/mol. The van der Waals surface area contributed by atoms with Crippen LogP contribution in [0.25, 0.3) is 0 Å². The first-order chi connectivity index (χ1) is 12.0. The highest BCUT2D eigenvalue weighted by Gasteiger charge is 2.34. The van der Waals surface area contributed by atoms with Crippen LogP contribution in [0.4, 0.5) is 11.4 Å². The fourth-order valence-electron chi connectivity index (χ4n) is 2.42. The highest BCUT2D eigenvalue weighted by Crippen LogP contribution is 2.25. The number of carbonyl (C=O) groups excluding carboxylic acids is 1. The van der Waals surface area contributed by atoms with Gasteiger partial charge in [-0.2, -0.15) is 20.3 Å². The SMILES string of the molecule is CC1=NN(c2ccc(C)cc2)C(=O)C1N=Nc1ccccc1C(=O)O. The molecule has 2 aromatic rings. The van der Waals surface area contributed by atoms with Gasteiger partial charge in [-0.3, -0.25) is 4.79 Å². The molecule has 126 valence electrons. The van der Waals surface area contributed by atoms with Crippen molar-refractivity contribution in [3.63, 3.8) is 0 Å². The third-order valence-corrected chi connectivity index (χ3v) is 3.79. The number of aromatic carboxylic acids is 1. The molecule has 0 aliphatic carbocycles. The highest BCUT2D eigenvalue weighted by molar-refractivity contribution is 6.18. The smallest absolute Gasteiger partial charge is 0.337 e. The molecule has 1 amide bonds. The quantitative estimate of drug-likeness (QED) is 0.865. The molecule has 0 saturated heterocycles. The molecule has 0 aromatic heterocycles. The second kappa shape index (κ2) is 6.64. The summed E-state index contributed by atoms with van der Waals surface area (Å²) in [6, 6.07) is 12.8. The first kappa shape index (κ1) is 16.5. The Bertz CT molecular complexity index is 887. The van der Waals surface area contributed by atoms with Crippen molar-refractivity contribution < 1.29 is 14.7 Å². The Morgan fingerprint density at radius 2 is 1.80 bits per heavy atom. The Morgan fingerprint density at radius 1 is 1.12 bits per heavy atom. The molecule has 1 atom stereocenters. The first-order valence-electron chi connectivity index (χ1n) is 7.66. The zero-order valence-corrected chi connectivity index (χ0v) is 13.7. The number of carbonyl (C=O) groups is 2. The largest absolute Gasteiger partial charge is 0.478 e. The fourth-order valence-corrected chi connectivity index (χ4v) is 2.42. The molecule has 2 aromatic carbocycles. The molecular formula is C18H16N4O3. The maximum absolute atomic E-state index is 12.6. The molecular weight excluding hydrogens is 320 g/mol. The van der Waals surface area contributed by atoms with Gasteiger partial charge in [0.1, 0.15) is 0 Å². The van der Waals surface area contributed by atoms with Gasteiger partial charge < -0.3 is 5.11 Å². The maximum atomic E-state index is 12.6. The zero-order valence-electron chi connectivity index (χ0n) is 13.7. The minimum absolute atomic E-state index is 0.0293. The summed E-state index contributed by atoms with van der Waals surface area (Å²) in [5, 5.41) is 22.7. The topological polar surface area (TPSA) is 94.7 Å². The zero-order chi connectivity index (χ0) is 18.0. The van der Waals surface area contributed by atoms with Crippen LogP contribution in [0.5, 0.6) is 0 Å². The number of azo groups is 1. The van der Waals surface area contributed by atoms with E-state index in [1.807, 2.05) is 31.2 Å². The van der Waals surface area contributed by atoms with Gasteiger partial charge >= 0.3 is 5.97 Å². The summed E-state index contributed by atoms with van der Waals surface area (Å²) in [6.07, 6.45) is 0. The van der Waals surface area contributed by atoms with Crippen LogP contribution >= 0.6 is 0 Å². The van der Waals surface area contributed by atoms with Gasteiger partial charge in [0.15, 0.2) is 6.04 Å². The van der Waals surface area contributed by atoms with Crippen LogP contribution in [-0.2, 0) is 4.79 Å². The summed E-state index contributed by atoms with van der Waals surface area (Å²) >= 11 is 0. The molecule has 7 heteroatoms. The van der Waals surface area contributed by atoms with E-state index in [1.54, 1.807) is 19.1 Å². The van der Waals surface area contributed by atoms with E-state index in [0.717, 1.165) is 5.56 Å². The normalized spacial score (nSPS) is 17.2. The third-order valence-electron chi connectivity index (χ3n) is 3.79. The van der Waals surface area contributed by atoms with Crippen LogP contribution in [0.15, 0.2) is 63.9 Å². The number of carboxylic acids is 1. The Morgan fingerprint density at radius 3 is 2.48 bits per heavy atom. The second-order valence-electron chi connectivity index (χ2n) is 5.67. The van der Waals surface area contributed by atoms with E-state index in [0.29, 0.717) is 11.4 Å². The molecule has 1 aliphatic heterocycles. The molecule has 1 aliphatic rings. The summed E-state index contributed by atoms with van der Waals surface area (Å²) in [4.78, 5) is 23.8. The lowest BCUT2D eigenvalue weighted by Crippen LogP contribution is -2.29. The molecule has 0 saturated carbocycles. The lowest BCUT2D eigenvalue weighted by atomic mass is 10.2. The van der Waals surface area contributed by atoms with Crippen molar-refractivity contribution >= 4 is 29.0 Å². The molecule has 1 unspecified atom stereocenters. The molecule has 0 spiro atoms. The van der Waals surface area contributed by atoms with E-state index in [-0.39, 0.29) is 17.2 Å². The molecule has 3 rings (SSSR count). The van der Waals surface area contributed by atoms with E-state index in [2.05, 4.69) is 15.3 Å². The average molecular weight is 336 g/mol. The number of carboxylic acid groups (broad SMARTS) is 1. The molecule has 25 heavy (non-hydrogen) atoms. The summed E-state index contributed by atoms with van der Waals surface area (Å²) in [5.41, 5.74) is 2.46. The standard InChI is InChI=1S/C18H16N4O3/c1-11-7-9-13(10-8-11)22-17(23)16(12(2)21-22)20-19-15-6-4-3-5-14(15)18(24)25/h3-10,16H,1-2H3,(H,24,25). The van der Waals surface area contributed by atoms with E-state index in [4.69, 9.17) is 0 Å². The Labute approximate surface area is 144 Å². The first-order valence-corrected chi connectivity index (χ1v) is 7.66. The van der Waals surface area contributed by atoms with E-state index in [1.165, 1.54) is 17.1 Å². The summed E-state index contributed by atoms with van der Waals surface area (Å²) in [5.74, 6) is -1.42. The highest BCUT2D eigenvalue weighted by atomic mass is 16.4. The second-order valence-corrected chi connectivity index (χ2v) is 5.67. The third kappa shape index (κ3) is 3.30. The van der Waals surface area contributed by atoms with Gasteiger partial charge in [-0.25, -0.2) is 4.79 Å². The predicted octanol–water partition coefficient (Wildman–Crippen LogP) is 3.57. The van der Waals surface area contributed by atoms with Crippen molar-refractivity contribution in [1.29, 1.82) is 0 Å². The van der Waals surface area contributed by atoms with E-state index < -0.39 is 12.0 Å². The van der Waals surface area contributed by atoms with Gasteiger partial charge in [-0.1, -0.05) is 29.8 Å². The number of hydrogen-bond acceptors (Lipinski definition) is 5. The number of rotatable bonds is 4. The molecule has 7 nitrogen and oxygen atoms in total. The van der Waals surface area contributed by atoms with Crippen LogP contribution < -0.4 is 5.01 Å². The van der Waals surface area contributed by atoms with Crippen molar-refractivity contribution in [2.75, 3.05) is 5.01 Å². The fraction of sp³-hybridized carbons (Fsp3) is 0.167. The lowest BCUT2D eigenvalue weighted by molar-refractivity contribution is -0.117. The van der Waals surface area contributed by atoms with Crippen molar-refractivity contribution in [2.45, 2.75) is 19.9 Å².